The van der Waals surface area contributed by atoms with Gasteiger partial charge in [-0.05, 0) is 32.2 Å². The second-order valence-electron chi connectivity index (χ2n) is 4.48. The number of nitrogens with zero attached hydrogens (tertiary/aromatic N) is 1. The summed E-state index contributed by atoms with van der Waals surface area (Å²) in [5, 5.41) is 11.8. The lowest BCUT2D eigenvalue weighted by Gasteiger charge is -2.16. The molecule has 1 rings (SSSR count). The lowest BCUT2D eigenvalue weighted by molar-refractivity contribution is -0.117. The third-order valence-corrected chi connectivity index (χ3v) is 3.05. The summed E-state index contributed by atoms with van der Waals surface area (Å²) in [6, 6.07) is 4.16. The Labute approximate surface area is 128 Å². The van der Waals surface area contributed by atoms with Crippen LogP contribution in [-0.4, -0.2) is 55.2 Å². The summed E-state index contributed by atoms with van der Waals surface area (Å²) in [6.45, 7) is 3.89. The van der Waals surface area contributed by atoms with Gasteiger partial charge in [0.1, 0.15) is 0 Å². The molecule has 21 heavy (non-hydrogen) atoms. The number of hydrogen-bond acceptors (Lipinski definition) is 4. The van der Waals surface area contributed by atoms with Crippen molar-refractivity contribution in [3.05, 3.63) is 28.8 Å². The van der Waals surface area contributed by atoms with Crippen LogP contribution in [0.4, 0.5) is 5.69 Å². The molecular formula is C14H19ClN2O4. The largest absolute Gasteiger partial charge is 0.478 e. The van der Waals surface area contributed by atoms with Crippen LogP contribution in [0.1, 0.15) is 17.3 Å². The number of aromatic carboxylic acids is 1. The summed E-state index contributed by atoms with van der Waals surface area (Å²) in [6.07, 6.45) is 0. The van der Waals surface area contributed by atoms with Crippen LogP contribution < -0.4 is 5.32 Å². The van der Waals surface area contributed by atoms with Crippen molar-refractivity contribution in [3.63, 3.8) is 0 Å². The number of carboxylic acids is 1. The third-order valence-electron chi connectivity index (χ3n) is 2.72. The van der Waals surface area contributed by atoms with E-state index in [4.69, 9.17) is 21.4 Å². The Hall–Kier alpha value is -1.63. The molecule has 0 aliphatic rings. The van der Waals surface area contributed by atoms with E-state index in [0.717, 1.165) is 0 Å². The van der Waals surface area contributed by atoms with Gasteiger partial charge in [0.05, 0.1) is 29.4 Å². The zero-order chi connectivity index (χ0) is 15.8. The molecule has 0 aliphatic heterocycles. The number of carbonyl (C=O) groups is 2. The first-order valence-electron chi connectivity index (χ1n) is 6.53. The molecule has 1 aromatic carbocycles. The predicted octanol–water partition coefficient (Wildman–Crippen LogP) is 1.94. The topological polar surface area (TPSA) is 78.9 Å². The molecule has 0 saturated heterocycles. The van der Waals surface area contributed by atoms with Gasteiger partial charge >= 0.3 is 5.97 Å². The molecule has 0 fully saturated rings. The molecular weight excluding hydrogens is 296 g/mol. The van der Waals surface area contributed by atoms with Crippen LogP contribution in [0.3, 0.4) is 0 Å². The van der Waals surface area contributed by atoms with Crippen molar-refractivity contribution in [1.82, 2.24) is 4.90 Å². The van der Waals surface area contributed by atoms with Gasteiger partial charge in [-0.2, -0.15) is 0 Å². The van der Waals surface area contributed by atoms with Crippen LogP contribution in [0.15, 0.2) is 18.2 Å². The van der Waals surface area contributed by atoms with Crippen LogP contribution in [0.5, 0.6) is 0 Å². The van der Waals surface area contributed by atoms with Gasteiger partial charge < -0.3 is 15.2 Å². The number of halogens is 1. The van der Waals surface area contributed by atoms with E-state index in [2.05, 4.69) is 5.32 Å². The van der Waals surface area contributed by atoms with Gasteiger partial charge in [-0.15, -0.1) is 0 Å². The van der Waals surface area contributed by atoms with Crippen molar-refractivity contribution >= 4 is 29.2 Å². The number of anilines is 1. The maximum atomic E-state index is 11.9. The second-order valence-corrected chi connectivity index (χ2v) is 4.89. The minimum atomic E-state index is -1.07. The molecule has 0 spiro atoms. The maximum Gasteiger partial charge on any atom is 0.335 e. The van der Waals surface area contributed by atoms with Crippen molar-refractivity contribution in [2.24, 2.45) is 0 Å². The number of carbonyl (C=O) groups excluding carboxylic acids is 1. The van der Waals surface area contributed by atoms with Gasteiger partial charge in [-0.3, -0.25) is 9.69 Å². The highest BCUT2D eigenvalue weighted by molar-refractivity contribution is 6.33. The first kappa shape index (κ1) is 17.4. The van der Waals surface area contributed by atoms with Gasteiger partial charge in [0.2, 0.25) is 5.91 Å². The SMILES string of the molecule is CCOCCN(C)CC(=O)Nc1cc(C(=O)O)ccc1Cl. The molecule has 0 saturated carbocycles. The zero-order valence-electron chi connectivity index (χ0n) is 12.1. The fraction of sp³-hybridized carbons (Fsp3) is 0.429. The van der Waals surface area contributed by atoms with Crippen LogP contribution in [0.2, 0.25) is 5.02 Å². The molecule has 6 nitrogen and oxygen atoms in total. The quantitative estimate of drug-likeness (QED) is 0.717. The molecule has 0 aromatic heterocycles. The van der Waals surface area contributed by atoms with Crippen molar-refractivity contribution in [2.45, 2.75) is 6.92 Å². The highest BCUT2D eigenvalue weighted by atomic mass is 35.5. The zero-order valence-corrected chi connectivity index (χ0v) is 12.8. The van der Waals surface area contributed by atoms with Crippen LogP contribution in [-0.2, 0) is 9.53 Å². The summed E-state index contributed by atoms with van der Waals surface area (Å²) in [7, 11) is 1.80. The lowest BCUT2D eigenvalue weighted by Crippen LogP contribution is -2.32. The molecule has 0 bridgehead atoms. The average molecular weight is 315 g/mol. The fourth-order valence-electron chi connectivity index (χ4n) is 1.63. The Morgan fingerprint density at radius 1 is 1.43 bits per heavy atom. The van der Waals surface area contributed by atoms with Crippen molar-refractivity contribution < 1.29 is 19.4 Å². The Kier molecular flexibility index (Phi) is 7.14. The van der Waals surface area contributed by atoms with E-state index in [-0.39, 0.29) is 18.0 Å². The number of nitrogens with one attached hydrogen (secondary N) is 1. The summed E-state index contributed by atoms with van der Waals surface area (Å²) in [5.74, 6) is -1.34. The monoisotopic (exact) mass is 314 g/mol. The van der Waals surface area contributed by atoms with Gasteiger partial charge in [0.25, 0.3) is 0 Å². The minimum Gasteiger partial charge on any atom is -0.478 e. The molecule has 7 heteroatoms. The van der Waals surface area contributed by atoms with Crippen molar-refractivity contribution in [3.8, 4) is 0 Å². The Morgan fingerprint density at radius 3 is 2.76 bits per heavy atom. The average Bonchev–Trinajstić information content (AvgIpc) is 2.41. The van der Waals surface area contributed by atoms with E-state index in [1.807, 2.05) is 6.92 Å². The molecule has 2 N–H and O–H groups in total. The van der Waals surface area contributed by atoms with Gasteiger partial charge in [0.15, 0.2) is 0 Å². The summed E-state index contributed by atoms with van der Waals surface area (Å²) >= 11 is 5.94. The Bertz CT molecular complexity index is 508. The first-order valence-corrected chi connectivity index (χ1v) is 6.90. The molecule has 0 unspecified atom stereocenters. The number of likely N-dealkylation sites (N-methyl/N-ethyl adjacent to an activating group) is 1. The normalized spacial score (nSPS) is 10.7. The molecule has 0 heterocycles. The molecule has 116 valence electrons. The third kappa shape index (κ3) is 6.12. The highest BCUT2D eigenvalue weighted by Gasteiger charge is 2.11. The number of ether oxygens (including phenoxy) is 1. The van der Waals surface area contributed by atoms with Crippen LogP contribution in [0, 0.1) is 0 Å². The van der Waals surface area contributed by atoms with E-state index in [1.165, 1.54) is 18.2 Å². The van der Waals surface area contributed by atoms with Gasteiger partial charge in [0, 0.05) is 13.2 Å². The Balaban J connectivity index is 2.58. The second kappa shape index (κ2) is 8.61. The summed E-state index contributed by atoms with van der Waals surface area (Å²) < 4.78 is 5.21. The van der Waals surface area contributed by atoms with Crippen LogP contribution >= 0.6 is 11.6 Å². The smallest absolute Gasteiger partial charge is 0.335 e. The predicted molar refractivity (Wildman–Crippen MR) is 81.0 cm³/mol. The molecule has 0 atom stereocenters. The first-order chi connectivity index (χ1) is 9.93. The number of rotatable bonds is 8. The van der Waals surface area contributed by atoms with E-state index < -0.39 is 5.97 Å². The molecule has 1 aromatic rings. The van der Waals surface area contributed by atoms with Gasteiger partial charge in [-0.1, -0.05) is 11.6 Å². The van der Waals surface area contributed by atoms with Crippen LogP contribution in [0.25, 0.3) is 0 Å². The van der Waals surface area contributed by atoms with Gasteiger partial charge in [-0.25, -0.2) is 4.79 Å². The molecule has 0 aliphatic carbocycles. The molecule has 1 amide bonds. The van der Waals surface area contributed by atoms with E-state index >= 15 is 0 Å². The summed E-state index contributed by atoms with van der Waals surface area (Å²) in [5.41, 5.74) is 0.360. The molecule has 0 radical (unpaired) electrons. The Morgan fingerprint density at radius 2 is 2.14 bits per heavy atom. The minimum absolute atomic E-state index is 0.0689. The standard InChI is InChI=1S/C14H19ClN2O4/c1-3-21-7-6-17(2)9-13(18)16-12-8-10(14(19)20)4-5-11(12)15/h4-5,8H,3,6-7,9H2,1-2H3,(H,16,18)(H,19,20). The maximum absolute atomic E-state index is 11.9. The van der Waals surface area contributed by atoms with E-state index in [9.17, 15) is 9.59 Å². The number of carboxylic acid groups (broad SMARTS) is 1. The lowest BCUT2D eigenvalue weighted by atomic mass is 10.2. The summed E-state index contributed by atoms with van der Waals surface area (Å²) in [4.78, 5) is 24.6. The number of benzene rings is 1. The van der Waals surface area contributed by atoms with E-state index in [0.29, 0.717) is 30.5 Å². The number of amides is 1. The van der Waals surface area contributed by atoms with Crippen molar-refractivity contribution in [2.75, 3.05) is 38.7 Å². The number of hydrogen-bond donors (Lipinski definition) is 2. The highest BCUT2D eigenvalue weighted by Crippen LogP contribution is 2.23. The van der Waals surface area contributed by atoms with E-state index in [1.54, 1.807) is 11.9 Å². The van der Waals surface area contributed by atoms with Crippen molar-refractivity contribution in [1.29, 1.82) is 0 Å². The fourth-order valence-corrected chi connectivity index (χ4v) is 1.80.